The minimum atomic E-state index is 0.359. The summed E-state index contributed by atoms with van der Waals surface area (Å²) in [6.45, 7) is 2.91. The average Bonchev–Trinajstić information content (AvgIpc) is 2.81. The second kappa shape index (κ2) is 5.00. The smallest absolute Gasteiger partial charge is 0.0724 e. The normalized spacial score (nSPS) is 12.6. The standard InChI is InChI=1S/C11H13N3S/c1-9(10-2-5-15-8-10)14-7-11-6-12-3-4-13-11/h2-6,8-9,14H,7H2,1H3. The third-order valence-electron chi connectivity index (χ3n) is 2.25. The van der Waals surface area contributed by atoms with Gasteiger partial charge in [0.2, 0.25) is 0 Å². The second-order valence-corrected chi connectivity index (χ2v) is 4.14. The topological polar surface area (TPSA) is 37.8 Å². The molecule has 0 aliphatic heterocycles. The lowest BCUT2D eigenvalue weighted by molar-refractivity contribution is 0.568. The molecule has 4 heteroatoms. The van der Waals surface area contributed by atoms with Gasteiger partial charge in [-0.05, 0) is 29.3 Å². The van der Waals surface area contributed by atoms with Crippen molar-refractivity contribution in [2.75, 3.05) is 0 Å². The molecule has 0 fully saturated rings. The first-order chi connectivity index (χ1) is 7.36. The van der Waals surface area contributed by atoms with Crippen LogP contribution < -0.4 is 5.32 Å². The molecule has 0 amide bonds. The largest absolute Gasteiger partial charge is 0.304 e. The van der Waals surface area contributed by atoms with Crippen LogP contribution in [0.15, 0.2) is 35.4 Å². The summed E-state index contributed by atoms with van der Waals surface area (Å²) < 4.78 is 0. The first kappa shape index (κ1) is 10.3. The zero-order valence-electron chi connectivity index (χ0n) is 8.55. The Morgan fingerprint density at radius 3 is 3.07 bits per heavy atom. The van der Waals surface area contributed by atoms with Gasteiger partial charge in [0.1, 0.15) is 0 Å². The molecule has 0 spiro atoms. The Hall–Kier alpha value is -1.26. The monoisotopic (exact) mass is 219 g/mol. The van der Waals surface area contributed by atoms with Gasteiger partial charge in [-0.25, -0.2) is 0 Å². The van der Waals surface area contributed by atoms with Crippen LogP contribution in [0, 0.1) is 0 Å². The van der Waals surface area contributed by atoms with E-state index in [9.17, 15) is 0 Å². The van der Waals surface area contributed by atoms with E-state index in [0.717, 1.165) is 12.2 Å². The van der Waals surface area contributed by atoms with Gasteiger partial charge in [0.25, 0.3) is 0 Å². The van der Waals surface area contributed by atoms with Gasteiger partial charge in [0.05, 0.1) is 5.69 Å². The molecule has 2 rings (SSSR count). The van der Waals surface area contributed by atoms with E-state index in [2.05, 4.69) is 39.0 Å². The molecule has 1 unspecified atom stereocenters. The summed E-state index contributed by atoms with van der Waals surface area (Å²) in [5.41, 5.74) is 2.29. The van der Waals surface area contributed by atoms with Crippen molar-refractivity contribution in [2.45, 2.75) is 19.5 Å². The summed E-state index contributed by atoms with van der Waals surface area (Å²) in [6.07, 6.45) is 5.19. The Bertz CT molecular complexity index is 385. The number of thiophene rings is 1. The van der Waals surface area contributed by atoms with Gasteiger partial charge in [0.15, 0.2) is 0 Å². The number of aromatic nitrogens is 2. The quantitative estimate of drug-likeness (QED) is 0.858. The van der Waals surface area contributed by atoms with Gasteiger partial charge >= 0.3 is 0 Å². The molecule has 2 aromatic rings. The van der Waals surface area contributed by atoms with E-state index in [4.69, 9.17) is 0 Å². The molecule has 1 N–H and O–H groups in total. The Kier molecular flexibility index (Phi) is 3.42. The molecule has 3 nitrogen and oxygen atoms in total. The van der Waals surface area contributed by atoms with Crippen LogP contribution in [0.1, 0.15) is 24.2 Å². The maximum Gasteiger partial charge on any atom is 0.0724 e. The highest BCUT2D eigenvalue weighted by molar-refractivity contribution is 7.07. The van der Waals surface area contributed by atoms with Crippen molar-refractivity contribution >= 4 is 11.3 Å². The average molecular weight is 219 g/mol. The molecule has 2 aromatic heterocycles. The first-order valence-electron chi connectivity index (χ1n) is 4.86. The van der Waals surface area contributed by atoms with Crippen molar-refractivity contribution in [3.63, 3.8) is 0 Å². The van der Waals surface area contributed by atoms with Crippen molar-refractivity contribution < 1.29 is 0 Å². The Labute approximate surface area is 93.2 Å². The van der Waals surface area contributed by atoms with Gasteiger partial charge in [-0.15, -0.1) is 0 Å². The first-order valence-corrected chi connectivity index (χ1v) is 5.81. The van der Waals surface area contributed by atoms with Crippen molar-refractivity contribution in [3.05, 3.63) is 46.7 Å². The number of hydrogen-bond donors (Lipinski definition) is 1. The van der Waals surface area contributed by atoms with Crippen LogP contribution in [0.3, 0.4) is 0 Å². The molecular weight excluding hydrogens is 206 g/mol. The number of nitrogens with one attached hydrogen (secondary N) is 1. The van der Waals surface area contributed by atoms with Gasteiger partial charge in [-0.1, -0.05) is 0 Å². The van der Waals surface area contributed by atoms with Crippen LogP contribution in [0.25, 0.3) is 0 Å². The lowest BCUT2D eigenvalue weighted by Crippen LogP contribution is -2.18. The Morgan fingerprint density at radius 1 is 1.47 bits per heavy atom. The van der Waals surface area contributed by atoms with Crippen molar-refractivity contribution in [1.82, 2.24) is 15.3 Å². The van der Waals surface area contributed by atoms with Crippen LogP contribution in [-0.4, -0.2) is 9.97 Å². The molecule has 0 bridgehead atoms. The van der Waals surface area contributed by atoms with Crippen LogP contribution in [0.2, 0.25) is 0 Å². The van der Waals surface area contributed by atoms with E-state index in [0.29, 0.717) is 6.04 Å². The van der Waals surface area contributed by atoms with Crippen LogP contribution >= 0.6 is 11.3 Å². The molecule has 1 atom stereocenters. The molecule has 78 valence electrons. The van der Waals surface area contributed by atoms with E-state index < -0.39 is 0 Å². The molecule has 0 aliphatic carbocycles. The van der Waals surface area contributed by atoms with E-state index >= 15 is 0 Å². The van der Waals surface area contributed by atoms with Crippen molar-refractivity contribution in [2.24, 2.45) is 0 Å². The lowest BCUT2D eigenvalue weighted by atomic mass is 10.2. The number of nitrogens with zero attached hydrogens (tertiary/aromatic N) is 2. The molecule has 0 aliphatic rings. The highest BCUT2D eigenvalue weighted by atomic mass is 32.1. The maximum atomic E-state index is 4.21. The molecule has 0 radical (unpaired) electrons. The van der Waals surface area contributed by atoms with Gasteiger partial charge < -0.3 is 5.32 Å². The lowest BCUT2D eigenvalue weighted by Gasteiger charge is -2.11. The zero-order valence-corrected chi connectivity index (χ0v) is 9.37. The summed E-state index contributed by atoms with van der Waals surface area (Å²) in [5.74, 6) is 0. The maximum absolute atomic E-state index is 4.21. The van der Waals surface area contributed by atoms with Crippen molar-refractivity contribution in [3.8, 4) is 0 Å². The SMILES string of the molecule is CC(NCc1cnccn1)c1ccsc1. The van der Waals surface area contributed by atoms with E-state index in [1.807, 2.05) is 0 Å². The van der Waals surface area contributed by atoms with Crippen LogP contribution in [0.5, 0.6) is 0 Å². The number of rotatable bonds is 4. The summed E-state index contributed by atoms with van der Waals surface area (Å²) >= 11 is 1.72. The van der Waals surface area contributed by atoms with E-state index in [-0.39, 0.29) is 0 Å². The van der Waals surface area contributed by atoms with Crippen molar-refractivity contribution in [1.29, 1.82) is 0 Å². The summed E-state index contributed by atoms with van der Waals surface area (Å²) in [4.78, 5) is 8.23. The molecule has 15 heavy (non-hydrogen) atoms. The highest BCUT2D eigenvalue weighted by Crippen LogP contribution is 2.15. The predicted molar refractivity (Wildman–Crippen MR) is 61.6 cm³/mol. The minimum Gasteiger partial charge on any atom is -0.304 e. The van der Waals surface area contributed by atoms with Crippen LogP contribution in [-0.2, 0) is 6.54 Å². The van der Waals surface area contributed by atoms with Gasteiger partial charge in [-0.2, -0.15) is 11.3 Å². The van der Waals surface area contributed by atoms with Gasteiger partial charge in [0, 0.05) is 31.2 Å². The van der Waals surface area contributed by atoms with Gasteiger partial charge in [-0.3, -0.25) is 9.97 Å². The fourth-order valence-electron chi connectivity index (χ4n) is 1.32. The third kappa shape index (κ3) is 2.84. The molecule has 0 saturated heterocycles. The summed E-state index contributed by atoms with van der Waals surface area (Å²) in [6, 6.07) is 2.50. The fraction of sp³-hybridized carbons (Fsp3) is 0.273. The number of hydrogen-bond acceptors (Lipinski definition) is 4. The fourth-order valence-corrected chi connectivity index (χ4v) is 2.07. The molecule has 0 aromatic carbocycles. The van der Waals surface area contributed by atoms with E-state index in [1.54, 1.807) is 29.9 Å². The predicted octanol–water partition coefficient (Wildman–Crippen LogP) is 2.39. The Morgan fingerprint density at radius 2 is 2.40 bits per heavy atom. The van der Waals surface area contributed by atoms with E-state index in [1.165, 1.54) is 5.56 Å². The Balaban J connectivity index is 1.89. The molecular formula is C11H13N3S. The molecule has 2 heterocycles. The molecule has 0 saturated carbocycles. The highest BCUT2D eigenvalue weighted by Gasteiger charge is 2.04. The summed E-state index contributed by atoms with van der Waals surface area (Å²) in [7, 11) is 0. The summed E-state index contributed by atoms with van der Waals surface area (Å²) in [5, 5.41) is 7.66. The minimum absolute atomic E-state index is 0.359. The van der Waals surface area contributed by atoms with Crippen LogP contribution in [0.4, 0.5) is 0 Å². The zero-order chi connectivity index (χ0) is 10.5. The second-order valence-electron chi connectivity index (χ2n) is 3.36. The third-order valence-corrected chi connectivity index (χ3v) is 2.95.